The van der Waals surface area contributed by atoms with Crippen molar-refractivity contribution in [3.8, 4) is 34.5 Å². The largest absolute Gasteiger partial charge is 0.494 e. The number of aromatic nitrogens is 1. The zero-order valence-corrected chi connectivity index (χ0v) is 48.8. The lowest BCUT2D eigenvalue weighted by Crippen LogP contribution is -2.28. The fourth-order valence-electron chi connectivity index (χ4n) is 10.0. The molecule has 7 rings (SSSR count). The van der Waals surface area contributed by atoms with Crippen LogP contribution in [0, 0.1) is 23.7 Å². The van der Waals surface area contributed by atoms with Crippen molar-refractivity contribution in [2.24, 2.45) is 28.8 Å². The van der Waals surface area contributed by atoms with Crippen LogP contribution in [-0.2, 0) is 28.7 Å². The van der Waals surface area contributed by atoms with Gasteiger partial charge in [-0.05, 0) is 207 Å². The van der Waals surface area contributed by atoms with E-state index in [9.17, 15) is 19.2 Å². The monoisotopic (exact) mass is 1140 g/mol. The second kappa shape index (κ2) is 34.3. The first kappa shape index (κ1) is 62.4. The van der Waals surface area contributed by atoms with E-state index in [4.69, 9.17) is 48.0 Å². The molecule has 440 valence electrons. The molecule has 82 heavy (non-hydrogen) atoms. The highest BCUT2D eigenvalue weighted by molar-refractivity contribution is 7.22. The molecule has 0 N–H and O–H groups in total. The van der Waals surface area contributed by atoms with Crippen LogP contribution in [0.3, 0.4) is 0 Å². The molecule has 2 saturated carbocycles. The van der Waals surface area contributed by atoms with Gasteiger partial charge in [-0.15, -0.1) is 0 Å². The quantitative estimate of drug-likeness (QED) is 0.00937. The number of para-hydroxylation sites is 1. The molecule has 0 bridgehead atoms. The number of carbonyl (C=O) groups is 4. The number of fused-ring (bicyclic) bond motifs is 1. The molecule has 1 unspecified atom stereocenters. The van der Waals surface area contributed by atoms with Crippen molar-refractivity contribution in [3.63, 3.8) is 0 Å². The first-order chi connectivity index (χ1) is 40.1. The third-order valence-electron chi connectivity index (χ3n) is 15.0. The summed E-state index contributed by atoms with van der Waals surface area (Å²) >= 11 is 1.63. The number of anilines is 1. The molecule has 1 aromatic heterocycles. The minimum atomic E-state index is -0.394. The van der Waals surface area contributed by atoms with Gasteiger partial charge in [0.1, 0.15) is 34.5 Å². The highest BCUT2D eigenvalue weighted by Gasteiger charge is 2.30. The number of esters is 4. The van der Waals surface area contributed by atoms with Crippen LogP contribution in [0.2, 0.25) is 0 Å². The number of nitrogens with zero attached hydrogens (tertiary/aromatic N) is 3. The molecule has 0 aliphatic heterocycles. The summed E-state index contributed by atoms with van der Waals surface area (Å²) in [6, 6.07) is 28.6. The highest BCUT2D eigenvalue weighted by Crippen LogP contribution is 2.36. The second-order valence-corrected chi connectivity index (χ2v) is 22.4. The van der Waals surface area contributed by atoms with Crippen LogP contribution in [0.5, 0.6) is 34.5 Å². The molecule has 0 amide bonds. The summed E-state index contributed by atoms with van der Waals surface area (Å²) in [6.45, 7) is 14.2. The summed E-state index contributed by atoms with van der Waals surface area (Å²) < 4.78 is 47.7. The summed E-state index contributed by atoms with van der Waals surface area (Å²) in [6.07, 6.45) is 20.8. The topological polar surface area (TPSA) is 171 Å². The number of thiazole rings is 1. The Kier molecular flexibility index (Phi) is 26.1. The second-order valence-electron chi connectivity index (χ2n) is 21.4. The average molecular weight is 1140 g/mol. The number of ether oxygens (including phenoxy) is 8. The molecular formula is C66H83N3O12S. The molecule has 5 aromatic rings. The van der Waals surface area contributed by atoms with E-state index < -0.39 is 11.9 Å². The standard InChI is InChI=1S/C66H83N3O12S/c1-5-8-19-48(4)69(66-68-59-20-13-14-21-61(59)82-66)67-45-53-44-58(78-46-49-22-26-51(27-23-49)64(72)80-56-34-30-54(31-35-56)74-40-15-9-11-17-42-76-62(70)6-2)38-39-60(53)79-47-50-24-28-52(29-25-50)65(73)81-57-36-32-55(33-37-57)75-41-16-10-12-18-43-77-63(71)7-3/h6-7,13-14,20-21,30-39,44-45,48-52H,2-3,5,8-12,15-19,22-29,40-43,46-47H2,1,4H3/b67-45+. The van der Waals surface area contributed by atoms with Crippen LogP contribution < -0.4 is 33.4 Å². The Bertz CT molecular complexity index is 2770. The van der Waals surface area contributed by atoms with E-state index in [0.29, 0.717) is 62.6 Å². The Balaban J connectivity index is 0.885. The Morgan fingerprint density at radius 1 is 0.598 bits per heavy atom. The number of unbranched alkanes of at least 4 members (excludes halogenated alkanes) is 7. The van der Waals surface area contributed by atoms with E-state index in [-0.39, 0.29) is 41.7 Å². The number of rotatable bonds is 35. The van der Waals surface area contributed by atoms with E-state index in [0.717, 1.165) is 154 Å². The van der Waals surface area contributed by atoms with Gasteiger partial charge in [0.05, 0.1) is 74.0 Å². The Hall–Kier alpha value is -7.20. The van der Waals surface area contributed by atoms with Crippen molar-refractivity contribution in [2.75, 3.05) is 44.7 Å². The first-order valence-electron chi connectivity index (χ1n) is 29.6. The summed E-state index contributed by atoms with van der Waals surface area (Å²) in [5.41, 5.74) is 1.74. The van der Waals surface area contributed by atoms with Crippen molar-refractivity contribution in [1.29, 1.82) is 0 Å². The van der Waals surface area contributed by atoms with E-state index in [1.54, 1.807) is 35.6 Å². The molecule has 16 heteroatoms. The van der Waals surface area contributed by atoms with Crippen LogP contribution in [-0.4, -0.2) is 80.8 Å². The average Bonchev–Trinajstić information content (AvgIpc) is 4.14. The maximum atomic E-state index is 13.3. The number of hydrazone groups is 1. The van der Waals surface area contributed by atoms with Gasteiger partial charge >= 0.3 is 23.9 Å². The van der Waals surface area contributed by atoms with Crippen LogP contribution in [0.4, 0.5) is 5.13 Å². The van der Waals surface area contributed by atoms with Crippen LogP contribution in [0.15, 0.2) is 121 Å². The molecule has 15 nitrogen and oxygen atoms in total. The summed E-state index contributed by atoms with van der Waals surface area (Å²) in [7, 11) is 0. The Morgan fingerprint density at radius 3 is 1.60 bits per heavy atom. The van der Waals surface area contributed by atoms with Gasteiger partial charge in [-0.2, -0.15) is 5.10 Å². The minimum absolute atomic E-state index is 0.103. The number of carbonyl (C=O) groups excluding carboxylic acids is 4. The zero-order chi connectivity index (χ0) is 57.7. The maximum Gasteiger partial charge on any atom is 0.330 e. The summed E-state index contributed by atoms with van der Waals surface area (Å²) in [4.78, 5) is 53.9. The summed E-state index contributed by atoms with van der Waals surface area (Å²) in [5.74, 6) is 2.83. The van der Waals surface area contributed by atoms with Crippen LogP contribution >= 0.6 is 11.3 Å². The van der Waals surface area contributed by atoms with Gasteiger partial charge in [-0.25, -0.2) is 19.6 Å². The van der Waals surface area contributed by atoms with Crippen molar-refractivity contribution in [1.82, 2.24) is 4.98 Å². The molecule has 1 heterocycles. The van der Waals surface area contributed by atoms with E-state index in [1.165, 1.54) is 12.2 Å². The van der Waals surface area contributed by atoms with Crippen molar-refractivity contribution >= 4 is 56.8 Å². The van der Waals surface area contributed by atoms with Crippen molar-refractivity contribution in [3.05, 3.63) is 122 Å². The Morgan fingerprint density at radius 2 is 1.09 bits per heavy atom. The minimum Gasteiger partial charge on any atom is -0.494 e. The smallest absolute Gasteiger partial charge is 0.330 e. The van der Waals surface area contributed by atoms with Gasteiger partial charge < -0.3 is 37.9 Å². The lowest BCUT2D eigenvalue weighted by atomic mass is 9.82. The van der Waals surface area contributed by atoms with E-state index in [2.05, 4.69) is 33.1 Å². The molecular weight excluding hydrogens is 1060 g/mol. The molecule has 2 aliphatic rings. The van der Waals surface area contributed by atoms with Crippen molar-refractivity contribution < 1.29 is 57.1 Å². The lowest BCUT2D eigenvalue weighted by Gasteiger charge is -2.28. The van der Waals surface area contributed by atoms with Gasteiger partial charge in [0.25, 0.3) is 0 Å². The molecule has 1 atom stereocenters. The molecule has 0 spiro atoms. The predicted octanol–water partition coefficient (Wildman–Crippen LogP) is 14.6. The molecule has 4 aromatic carbocycles. The number of hydrogen-bond donors (Lipinski definition) is 0. The SMILES string of the molecule is C=CC(=O)OCCCCCCOc1ccc(OC(=O)C2CCC(COc3ccc(OCC4CCC(C(=O)Oc5ccc(OCCCCCCOC(=O)C=C)cc5)CC4)c(/C=N/N(c4nc5ccccc5s4)C(C)CCCC)c3)CC2)cc1. The fourth-order valence-corrected chi connectivity index (χ4v) is 11.0. The third-order valence-corrected chi connectivity index (χ3v) is 16.0. The van der Waals surface area contributed by atoms with Crippen LogP contribution in [0.1, 0.15) is 141 Å². The number of benzene rings is 4. The first-order valence-corrected chi connectivity index (χ1v) is 30.4. The van der Waals surface area contributed by atoms with Crippen LogP contribution in [0.25, 0.3) is 10.2 Å². The van der Waals surface area contributed by atoms with Gasteiger partial charge in [-0.3, -0.25) is 9.59 Å². The highest BCUT2D eigenvalue weighted by atomic mass is 32.1. The fraction of sp³-hybridized carbons (Fsp3) is 0.485. The lowest BCUT2D eigenvalue weighted by molar-refractivity contribution is -0.141. The van der Waals surface area contributed by atoms with E-state index in [1.807, 2.05) is 71.9 Å². The Labute approximate surface area is 488 Å². The maximum absolute atomic E-state index is 13.3. The van der Waals surface area contributed by atoms with Gasteiger partial charge in [0.2, 0.25) is 5.13 Å². The normalized spacial score (nSPS) is 17.3. The summed E-state index contributed by atoms with van der Waals surface area (Å²) in [5, 5.41) is 8.01. The van der Waals surface area contributed by atoms with Gasteiger partial charge in [-0.1, -0.05) is 56.4 Å². The van der Waals surface area contributed by atoms with E-state index >= 15 is 0 Å². The number of hydrogen-bond acceptors (Lipinski definition) is 16. The van der Waals surface area contributed by atoms with Crippen molar-refractivity contribution in [2.45, 2.75) is 142 Å². The van der Waals surface area contributed by atoms with Gasteiger partial charge in [0, 0.05) is 17.7 Å². The molecule has 0 saturated heterocycles. The molecule has 0 radical (unpaired) electrons. The zero-order valence-electron chi connectivity index (χ0n) is 48.0. The predicted molar refractivity (Wildman–Crippen MR) is 321 cm³/mol. The third kappa shape index (κ3) is 21.0. The van der Waals surface area contributed by atoms with Gasteiger partial charge in [0.15, 0.2) is 0 Å². The molecule has 2 fully saturated rings. The molecule has 2 aliphatic carbocycles.